The van der Waals surface area contributed by atoms with E-state index < -0.39 is 0 Å². The van der Waals surface area contributed by atoms with Gasteiger partial charge in [-0.1, -0.05) is 17.7 Å². The van der Waals surface area contributed by atoms with Crippen LogP contribution in [0.15, 0.2) is 42.6 Å². The van der Waals surface area contributed by atoms with Crippen LogP contribution in [0.1, 0.15) is 26.4 Å². The van der Waals surface area contributed by atoms with Gasteiger partial charge < -0.3 is 15.1 Å². The molecule has 1 aromatic carbocycles. The molecule has 0 saturated carbocycles. The lowest BCUT2D eigenvalue weighted by Crippen LogP contribution is -2.48. The maximum atomic E-state index is 12.6. The number of amides is 3. The van der Waals surface area contributed by atoms with E-state index in [1.807, 2.05) is 31.2 Å². The normalized spacial score (nSPS) is 14.0. The van der Waals surface area contributed by atoms with Gasteiger partial charge in [-0.05, 0) is 31.2 Å². The van der Waals surface area contributed by atoms with Gasteiger partial charge in [0, 0.05) is 43.6 Å². The molecule has 0 aliphatic carbocycles. The van der Waals surface area contributed by atoms with Crippen molar-refractivity contribution < 1.29 is 14.4 Å². The zero-order valence-electron chi connectivity index (χ0n) is 14.5. The molecule has 134 valence electrons. The highest BCUT2D eigenvalue weighted by Crippen LogP contribution is 2.12. The second-order valence-corrected chi connectivity index (χ2v) is 6.18. The molecule has 1 aliphatic heterocycles. The van der Waals surface area contributed by atoms with Crippen LogP contribution in [0.2, 0.25) is 0 Å². The topological polar surface area (TPSA) is 82.6 Å². The number of nitrogens with zero attached hydrogens (tertiary/aromatic N) is 3. The Kier molecular flexibility index (Phi) is 5.26. The Bertz CT molecular complexity index is 812. The van der Waals surface area contributed by atoms with Crippen molar-refractivity contribution in [3.8, 4) is 0 Å². The van der Waals surface area contributed by atoms with Gasteiger partial charge in [-0.15, -0.1) is 0 Å². The van der Waals surface area contributed by atoms with Crippen molar-refractivity contribution in [1.82, 2.24) is 14.8 Å². The first-order valence-electron chi connectivity index (χ1n) is 8.39. The highest BCUT2D eigenvalue weighted by molar-refractivity contribution is 6.05. The fraction of sp³-hybridized carbons (Fsp3) is 0.263. The van der Waals surface area contributed by atoms with E-state index >= 15 is 0 Å². The molecule has 0 unspecified atom stereocenters. The first-order valence-corrected chi connectivity index (χ1v) is 8.39. The Morgan fingerprint density at radius 3 is 2.42 bits per heavy atom. The Labute approximate surface area is 151 Å². The quantitative estimate of drug-likeness (QED) is 0.847. The van der Waals surface area contributed by atoms with E-state index in [1.54, 1.807) is 15.9 Å². The summed E-state index contributed by atoms with van der Waals surface area (Å²) in [5.74, 6) is -0.531. The van der Waals surface area contributed by atoms with Crippen molar-refractivity contribution in [2.75, 3.05) is 31.5 Å². The van der Waals surface area contributed by atoms with Crippen LogP contribution < -0.4 is 5.32 Å². The number of pyridine rings is 1. The van der Waals surface area contributed by atoms with E-state index in [4.69, 9.17) is 0 Å². The molecule has 0 bridgehead atoms. The molecular weight excluding hydrogens is 332 g/mol. The Morgan fingerprint density at radius 1 is 1.08 bits per heavy atom. The van der Waals surface area contributed by atoms with Crippen molar-refractivity contribution in [3.05, 3.63) is 59.4 Å². The van der Waals surface area contributed by atoms with Crippen LogP contribution in [-0.2, 0) is 4.79 Å². The monoisotopic (exact) mass is 352 g/mol. The van der Waals surface area contributed by atoms with Crippen molar-refractivity contribution in [1.29, 1.82) is 0 Å². The third-order valence-electron chi connectivity index (χ3n) is 4.30. The smallest absolute Gasteiger partial charge is 0.272 e. The Hall–Kier alpha value is -3.22. The van der Waals surface area contributed by atoms with E-state index in [0.717, 1.165) is 12.0 Å². The molecule has 26 heavy (non-hydrogen) atoms. The number of rotatable bonds is 4. The Balaban J connectivity index is 1.69. The number of aryl methyl sites for hydroxylation is 1. The summed E-state index contributed by atoms with van der Waals surface area (Å²) in [4.78, 5) is 43.1. The molecular formula is C19H20N4O3. The first kappa shape index (κ1) is 17.6. The van der Waals surface area contributed by atoms with E-state index in [0.29, 0.717) is 37.4 Å². The highest BCUT2D eigenvalue weighted by atomic mass is 16.2. The molecule has 2 heterocycles. The molecule has 3 rings (SSSR count). The van der Waals surface area contributed by atoms with Gasteiger partial charge in [0.05, 0.1) is 0 Å². The minimum Gasteiger partial charge on any atom is -0.342 e. The minimum absolute atomic E-state index is 0.223. The number of piperazine rings is 1. The zero-order chi connectivity index (χ0) is 18.5. The lowest BCUT2D eigenvalue weighted by molar-refractivity contribution is -0.119. The maximum Gasteiger partial charge on any atom is 0.272 e. The summed E-state index contributed by atoms with van der Waals surface area (Å²) in [5, 5.41) is 2.81. The molecule has 1 aromatic heterocycles. The molecule has 0 radical (unpaired) electrons. The van der Waals surface area contributed by atoms with Crippen LogP contribution in [-0.4, -0.2) is 59.2 Å². The third kappa shape index (κ3) is 4.05. The number of aromatic nitrogens is 1. The molecule has 7 nitrogen and oxygen atoms in total. The molecule has 1 N–H and O–H groups in total. The lowest BCUT2D eigenvalue weighted by atomic mass is 10.1. The van der Waals surface area contributed by atoms with Gasteiger partial charge in [0.25, 0.3) is 11.8 Å². The SMILES string of the molecule is Cc1ccc(NC(=O)c2ccnc(C(=O)N3CCN(C=O)CC3)c2)cc1. The fourth-order valence-electron chi connectivity index (χ4n) is 2.72. The molecule has 1 aliphatic rings. The van der Waals surface area contributed by atoms with E-state index in [1.165, 1.54) is 12.3 Å². The van der Waals surface area contributed by atoms with Gasteiger partial charge >= 0.3 is 0 Å². The van der Waals surface area contributed by atoms with Gasteiger partial charge in [0.1, 0.15) is 5.69 Å². The van der Waals surface area contributed by atoms with E-state index in [2.05, 4.69) is 10.3 Å². The number of nitrogens with one attached hydrogen (secondary N) is 1. The lowest BCUT2D eigenvalue weighted by Gasteiger charge is -2.32. The molecule has 1 saturated heterocycles. The number of carbonyl (C=O) groups is 3. The van der Waals surface area contributed by atoms with Crippen LogP contribution in [0.25, 0.3) is 0 Å². The number of benzene rings is 1. The fourth-order valence-corrected chi connectivity index (χ4v) is 2.72. The highest BCUT2D eigenvalue weighted by Gasteiger charge is 2.23. The summed E-state index contributed by atoms with van der Waals surface area (Å²) in [6.07, 6.45) is 2.25. The van der Waals surface area contributed by atoms with E-state index in [9.17, 15) is 14.4 Å². The third-order valence-corrected chi connectivity index (χ3v) is 4.30. The van der Waals surface area contributed by atoms with E-state index in [-0.39, 0.29) is 17.5 Å². The first-order chi connectivity index (χ1) is 12.6. The summed E-state index contributed by atoms with van der Waals surface area (Å²) in [7, 11) is 0. The number of carbonyl (C=O) groups excluding carboxylic acids is 3. The Morgan fingerprint density at radius 2 is 1.77 bits per heavy atom. The second-order valence-electron chi connectivity index (χ2n) is 6.18. The number of hydrogen-bond donors (Lipinski definition) is 1. The van der Waals surface area contributed by atoms with Gasteiger partial charge in [0.15, 0.2) is 0 Å². The minimum atomic E-state index is -0.295. The van der Waals surface area contributed by atoms with Crippen LogP contribution in [0.4, 0.5) is 5.69 Å². The molecule has 0 atom stereocenters. The van der Waals surface area contributed by atoms with Crippen molar-refractivity contribution in [2.45, 2.75) is 6.92 Å². The molecule has 1 fully saturated rings. The average Bonchev–Trinajstić information content (AvgIpc) is 2.69. The molecule has 7 heteroatoms. The number of hydrogen-bond acceptors (Lipinski definition) is 4. The van der Waals surface area contributed by atoms with Crippen molar-refractivity contribution >= 4 is 23.9 Å². The van der Waals surface area contributed by atoms with Crippen LogP contribution in [0, 0.1) is 6.92 Å². The maximum absolute atomic E-state index is 12.6. The predicted octanol–water partition coefficient (Wildman–Crippen LogP) is 1.56. The predicted molar refractivity (Wildman–Crippen MR) is 96.9 cm³/mol. The average molecular weight is 352 g/mol. The molecule has 0 spiro atoms. The molecule has 3 amide bonds. The summed E-state index contributed by atoms with van der Waals surface area (Å²) < 4.78 is 0. The largest absolute Gasteiger partial charge is 0.342 e. The van der Waals surface area contributed by atoms with Gasteiger partial charge in [0.2, 0.25) is 6.41 Å². The number of anilines is 1. The van der Waals surface area contributed by atoms with Gasteiger partial charge in [-0.25, -0.2) is 0 Å². The van der Waals surface area contributed by atoms with Crippen LogP contribution >= 0.6 is 0 Å². The summed E-state index contributed by atoms with van der Waals surface area (Å²) in [5.41, 5.74) is 2.39. The summed E-state index contributed by atoms with van der Waals surface area (Å²) >= 11 is 0. The van der Waals surface area contributed by atoms with Crippen molar-refractivity contribution in [2.24, 2.45) is 0 Å². The summed E-state index contributed by atoms with van der Waals surface area (Å²) in [6.45, 7) is 3.89. The van der Waals surface area contributed by atoms with Crippen LogP contribution in [0.3, 0.4) is 0 Å². The van der Waals surface area contributed by atoms with Crippen LogP contribution in [0.5, 0.6) is 0 Å². The van der Waals surface area contributed by atoms with Crippen molar-refractivity contribution in [3.63, 3.8) is 0 Å². The molecule has 2 aromatic rings. The van der Waals surface area contributed by atoms with Gasteiger partial charge in [-0.2, -0.15) is 0 Å². The summed E-state index contributed by atoms with van der Waals surface area (Å²) in [6, 6.07) is 10.6. The zero-order valence-corrected chi connectivity index (χ0v) is 14.5. The second kappa shape index (κ2) is 7.77. The standard InChI is InChI=1S/C19H20N4O3/c1-14-2-4-16(5-3-14)21-18(25)15-6-7-20-17(12-15)19(26)23-10-8-22(13-24)9-11-23/h2-7,12-13H,8-11H2,1H3,(H,21,25). The van der Waals surface area contributed by atoms with Gasteiger partial charge in [-0.3, -0.25) is 19.4 Å².